The average Bonchev–Trinajstić information content (AvgIpc) is 3.02. The van der Waals surface area contributed by atoms with E-state index < -0.39 is 0 Å². The molecule has 3 rings (SSSR count). The SMILES string of the molecule is CCNC(=O)c1ccc(-n2c(C)nc3cc(F)ccc32)s1. The van der Waals surface area contributed by atoms with Crippen LogP contribution in [0.5, 0.6) is 0 Å². The van der Waals surface area contributed by atoms with Crippen molar-refractivity contribution in [2.75, 3.05) is 6.54 Å². The van der Waals surface area contributed by atoms with Crippen LogP contribution in [0.15, 0.2) is 30.3 Å². The summed E-state index contributed by atoms with van der Waals surface area (Å²) in [5, 5.41) is 3.67. The highest BCUT2D eigenvalue weighted by Crippen LogP contribution is 2.27. The standard InChI is InChI=1S/C15H14FN3OS/c1-3-17-15(20)13-6-7-14(21-13)19-9(2)18-11-8-10(16)4-5-12(11)19/h4-8H,3H2,1-2H3,(H,17,20). The lowest BCUT2D eigenvalue weighted by Crippen LogP contribution is -2.21. The molecule has 0 saturated carbocycles. The van der Waals surface area contributed by atoms with Gasteiger partial charge in [-0.3, -0.25) is 9.36 Å². The minimum absolute atomic E-state index is 0.0816. The van der Waals surface area contributed by atoms with E-state index in [1.165, 1.54) is 23.5 Å². The fourth-order valence-electron chi connectivity index (χ4n) is 2.27. The van der Waals surface area contributed by atoms with Crippen molar-refractivity contribution in [1.29, 1.82) is 0 Å². The Bertz CT molecular complexity index is 822. The minimum atomic E-state index is -0.304. The van der Waals surface area contributed by atoms with E-state index in [0.29, 0.717) is 16.9 Å². The number of thiophene rings is 1. The maximum absolute atomic E-state index is 13.3. The van der Waals surface area contributed by atoms with Gasteiger partial charge in [-0.25, -0.2) is 9.37 Å². The number of hydrogen-bond donors (Lipinski definition) is 1. The summed E-state index contributed by atoms with van der Waals surface area (Å²) in [7, 11) is 0. The predicted octanol–water partition coefficient (Wildman–Crippen LogP) is 3.28. The van der Waals surface area contributed by atoms with Crippen LogP contribution in [0.2, 0.25) is 0 Å². The van der Waals surface area contributed by atoms with Crippen molar-refractivity contribution in [3.63, 3.8) is 0 Å². The van der Waals surface area contributed by atoms with Crippen LogP contribution in [0.3, 0.4) is 0 Å². The molecular formula is C15H14FN3OS. The first-order valence-corrected chi connectivity index (χ1v) is 7.45. The predicted molar refractivity (Wildman–Crippen MR) is 81.6 cm³/mol. The van der Waals surface area contributed by atoms with Crippen LogP contribution in [-0.2, 0) is 0 Å². The maximum Gasteiger partial charge on any atom is 0.261 e. The van der Waals surface area contributed by atoms with Gasteiger partial charge in [-0.15, -0.1) is 11.3 Å². The quantitative estimate of drug-likeness (QED) is 0.807. The summed E-state index contributed by atoms with van der Waals surface area (Å²) in [6.07, 6.45) is 0. The van der Waals surface area contributed by atoms with E-state index in [9.17, 15) is 9.18 Å². The molecule has 1 amide bonds. The Morgan fingerprint density at radius 2 is 2.19 bits per heavy atom. The molecule has 0 aliphatic heterocycles. The summed E-state index contributed by atoms with van der Waals surface area (Å²) in [5.41, 5.74) is 1.44. The Labute approximate surface area is 125 Å². The lowest BCUT2D eigenvalue weighted by atomic mass is 10.3. The van der Waals surface area contributed by atoms with Gasteiger partial charge in [0.1, 0.15) is 16.6 Å². The van der Waals surface area contributed by atoms with Crippen molar-refractivity contribution in [1.82, 2.24) is 14.9 Å². The molecule has 0 unspecified atom stereocenters. The van der Waals surface area contributed by atoms with Gasteiger partial charge in [0.2, 0.25) is 0 Å². The van der Waals surface area contributed by atoms with E-state index >= 15 is 0 Å². The van der Waals surface area contributed by atoms with Gasteiger partial charge in [-0.05, 0) is 38.1 Å². The molecule has 0 spiro atoms. The Kier molecular flexibility index (Phi) is 3.47. The highest BCUT2D eigenvalue weighted by atomic mass is 32.1. The number of imidazole rings is 1. The normalized spacial score (nSPS) is 11.0. The molecule has 4 nitrogen and oxygen atoms in total. The fourth-order valence-corrected chi connectivity index (χ4v) is 3.25. The summed E-state index contributed by atoms with van der Waals surface area (Å²) in [4.78, 5) is 16.9. The Hall–Kier alpha value is -2.21. The number of aromatic nitrogens is 2. The third-order valence-electron chi connectivity index (χ3n) is 3.16. The lowest BCUT2D eigenvalue weighted by molar-refractivity contribution is 0.0960. The van der Waals surface area contributed by atoms with E-state index in [1.54, 1.807) is 12.1 Å². The number of aryl methyl sites for hydroxylation is 1. The molecule has 108 valence electrons. The van der Waals surface area contributed by atoms with E-state index in [2.05, 4.69) is 10.3 Å². The lowest BCUT2D eigenvalue weighted by Gasteiger charge is -2.03. The largest absolute Gasteiger partial charge is 0.352 e. The summed E-state index contributed by atoms with van der Waals surface area (Å²) < 4.78 is 15.2. The van der Waals surface area contributed by atoms with Gasteiger partial charge in [-0.1, -0.05) is 0 Å². The topological polar surface area (TPSA) is 46.9 Å². The van der Waals surface area contributed by atoms with E-state index in [1.807, 2.05) is 24.5 Å². The van der Waals surface area contributed by atoms with Gasteiger partial charge in [0.25, 0.3) is 5.91 Å². The number of nitrogens with one attached hydrogen (secondary N) is 1. The number of benzene rings is 1. The third kappa shape index (κ3) is 2.42. The number of amides is 1. The van der Waals surface area contributed by atoms with Crippen molar-refractivity contribution in [3.8, 4) is 5.00 Å². The van der Waals surface area contributed by atoms with Gasteiger partial charge in [0.15, 0.2) is 0 Å². The van der Waals surface area contributed by atoms with Crippen molar-refractivity contribution >= 4 is 28.3 Å². The molecule has 21 heavy (non-hydrogen) atoms. The molecule has 6 heteroatoms. The Morgan fingerprint density at radius 3 is 2.95 bits per heavy atom. The number of nitrogens with zero attached hydrogens (tertiary/aromatic N) is 2. The molecule has 0 atom stereocenters. The first kappa shape index (κ1) is 13.8. The summed E-state index contributed by atoms with van der Waals surface area (Å²) in [6.45, 7) is 4.34. The van der Waals surface area contributed by atoms with Gasteiger partial charge >= 0.3 is 0 Å². The molecule has 1 aromatic carbocycles. The maximum atomic E-state index is 13.3. The molecule has 3 aromatic rings. The van der Waals surface area contributed by atoms with Crippen molar-refractivity contribution in [3.05, 3.63) is 46.9 Å². The highest BCUT2D eigenvalue weighted by molar-refractivity contribution is 7.16. The van der Waals surface area contributed by atoms with Crippen LogP contribution in [0.1, 0.15) is 22.4 Å². The van der Waals surface area contributed by atoms with Crippen LogP contribution in [0.4, 0.5) is 4.39 Å². The highest BCUT2D eigenvalue weighted by Gasteiger charge is 2.14. The van der Waals surface area contributed by atoms with Gasteiger partial charge in [0.05, 0.1) is 15.9 Å². The smallest absolute Gasteiger partial charge is 0.261 e. The van der Waals surface area contributed by atoms with Crippen molar-refractivity contribution in [2.24, 2.45) is 0 Å². The van der Waals surface area contributed by atoms with Crippen LogP contribution in [-0.4, -0.2) is 22.0 Å². The van der Waals surface area contributed by atoms with Crippen molar-refractivity contribution in [2.45, 2.75) is 13.8 Å². The number of carbonyl (C=O) groups excluding carboxylic acids is 1. The number of fused-ring (bicyclic) bond motifs is 1. The molecule has 0 aliphatic carbocycles. The Morgan fingerprint density at radius 1 is 1.38 bits per heavy atom. The minimum Gasteiger partial charge on any atom is -0.352 e. The number of hydrogen-bond acceptors (Lipinski definition) is 3. The second kappa shape index (κ2) is 5.29. The van der Waals surface area contributed by atoms with Crippen LogP contribution >= 0.6 is 11.3 Å². The zero-order valence-corrected chi connectivity index (χ0v) is 12.5. The fraction of sp³-hybridized carbons (Fsp3) is 0.200. The second-order valence-electron chi connectivity index (χ2n) is 4.62. The molecule has 0 aliphatic rings. The Balaban J connectivity index is 2.08. The molecule has 0 fully saturated rings. The molecule has 2 aromatic heterocycles. The third-order valence-corrected chi connectivity index (χ3v) is 4.23. The van der Waals surface area contributed by atoms with E-state index in [-0.39, 0.29) is 11.7 Å². The van der Waals surface area contributed by atoms with Crippen LogP contribution in [0.25, 0.3) is 16.0 Å². The molecular weight excluding hydrogens is 289 g/mol. The van der Waals surface area contributed by atoms with Crippen LogP contribution in [0, 0.1) is 12.7 Å². The van der Waals surface area contributed by atoms with Gasteiger partial charge in [0, 0.05) is 12.6 Å². The molecule has 0 saturated heterocycles. The average molecular weight is 303 g/mol. The molecule has 0 bridgehead atoms. The molecule has 2 heterocycles. The molecule has 1 N–H and O–H groups in total. The summed E-state index contributed by atoms with van der Waals surface area (Å²) in [6, 6.07) is 8.21. The number of halogens is 1. The van der Waals surface area contributed by atoms with Gasteiger partial charge in [-0.2, -0.15) is 0 Å². The monoisotopic (exact) mass is 303 g/mol. The molecule has 0 radical (unpaired) electrons. The first-order valence-electron chi connectivity index (χ1n) is 6.63. The van der Waals surface area contributed by atoms with Crippen molar-refractivity contribution < 1.29 is 9.18 Å². The zero-order chi connectivity index (χ0) is 15.0. The van der Waals surface area contributed by atoms with Gasteiger partial charge < -0.3 is 5.32 Å². The summed E-state index contributed by atoms with van der Waals surface area (Å²) >= 11 is 1.39. The first-order chi connectivity index (χ1) is 10.1. The second-order valence-corrected chi connectivity index (χ2v) is 5.69. The van der Waals surface area contributed by atoms with E-state index in [0.717, 1.165) is 16.3 Å². The summed E-state index contributed by atoms with van der Waals surface area (Å²) in [5.74, 6) is 0.378. The number of carbonyl (C=O) groups is 1. The van der Waals surface area contributed by atoms with E-state index in [4.69, 9.17) is 0 Å². The number of rotatable bonds is 3. The van der Waals surface area contributed by atoms with Crippen LogP contribution < -0.4 is 5.32 Å². The zero-order valence-electron chi connectivity index (χ0n) is 11.7.